The highest BCUT2D eigenvalue weighted by atomic mass is 16.1. The Labute approximate surface area is 197 Å². The fourth-order valence-corrected chi connectivity index (χ4v) is 4.90. The predicted octanol–water partition coefficient (Wildman–Crippen LogP) is 3.60. The molecule has 1 fully saturated rings. The van der Waals surface area contributed by atoms with Crippen LogP contribution in [0.25, 0.3) is 0 Å². The van der Waals surface area contributed by atoms with Gasteiger partial charge in [-0.1, -0.05) is 5.92 Å². The normalized spacial score (nSPS) is 18.1. The minimum Gasteiger partial charge on any atom is -0.369 e. The number of nitrogens with zero attached hydrogens (tertiary/aromatic N) is 2. The smallest absolute Gasteiger partial charge is 0.253 e. The van der Waals surface area contributed by atoms with Gasteiger partial charge >= 0.3 is 0 Å². The Morgan fingerprint density at radius 2 is 1.79 bits per heavy atom. The lowest BCUT2D eigenvalue weighted by atomic mass is 9.89. The third-order valence-corrected chi connectivity index (χ3v) is 6.78. The van der Waals surface area contributed by atoms with Crippen LogP contribution >= 0.6 is 0 Å². The average molecular weight is 449 g/mol. The molecule has 3 rings (SSSR count). The maximum Gasteiger partial charge on any atom is 0.253 e. The van der Waals surface area contributed by atoms with E-state index in [1.54, 1.807) is 6.07 Å². The second-order valence-corrected chi connectivity index (χ2v) is 9.25. The summed E-state index contributed by atoms with van der Waals surface area (Å²) < 4.78 is 0. The lowest BCUT2D eigenvalue weighted by Gasteiger charge is -2.39. The van der Waals surface area contributed by atoms with Crippen LogP contribution in [0, 0.1) is 26.2 Å². The zero-order valence-electron chi connectivity index (χ0n) is 20.5. The van der Waals surface area contributed by atoms with Crippen molar-refractivity contribution in [2.45, 2.75) is 65.1 Å². The summed E-state index contributed by atoms with van der Waals surface area (Å²) in [6.45, 7) is 6.89. The number of aromatic nitrogens is 1. The number of carbonyl (C=O) groups excluding carboxylic acids is 1. The summed E-state index contributed by atoms with van der Waals surface area (Å²) in [5, 5.41) is 2.90. The molecule has 0 spiro atoms. The van der Waals surface area contributed by atoms with Crippen LogP contribution < -0.4 is 15.8 Å². The van der Waals surface area contributed by atoms with Gasteiger partial charge in [0.15, 0.2) is 0 Å². The van der Waals surface area contributed by atoms with E-state index in [0.717, 1.165) is 36.3 Å². The highest BCUT2D eigenvalue weighted by molar-refractivity contribution is 5.95. The summed E-state index contributed by atoms with van der Waals surface area (Å²) >= 11 is 0. The van der Waals surface area contributed by atoms with Crippen LogP contribution in [0.3, 0.4) is 0 Å². The van der Waals surface area contributed by atoms with Gasteiger partial charge in [0, 0.05) is 53.2 Å². The number of rotatable bonds is 7. The topological polar surface area (TPSA) is 68.4 Å². The first-order valence-corrected chi connectivity index (χ1v) is 11.8. The molecule has 33 heavy (non-hydrogen) atoms. The fraction of sp³-hybridized carbons (Fsp3) is 0.481. The Kier molecular flexibility index (Phi) is 7.99. The Balaban J connectivity index is 1.79. The number of aryl methyl sites for hydroxylation is 2. The number of benzene rings is 1. The van der Waals surface area contributed by atoms with Crippen molar-refractivity contribution in [2.75, 3.05) is 25.5 Å². The third-order valence-electron chi connectivity index (χ3n) is 6.78. The first-order chi connectivity index (χ1) is 15.7. The monoisotopic (exact) mass is 448 g/mol. The molecular weight excluding hydrogens is 412 g/mol. The number of terminal acetylenes is 1. The molecule has 1 amide bonds. The van der Waals surface area contributed by atoms with Crippen LogP contribution in [0.4, 0.5) is 5.69 Å². The minimum atomic E-state index is -0.236. The Hall–Kier alpha value is -3.04. The maximum atomic E-state index is 13.0. The van der Waals surface area contributed by atoms with E-state index in [-0.39, 0.29) is 18.0 Å². The van der Waals surface area contributed by atoms with E-state index in [1.165, 1.54) is 12.8 Å². The number of amides is 1. The summed E-state index contributed by atoms with van der Waals surface area (Å²) in [7, 11) is 4.30. The molecule has 6 heteroatoms. The van der Waals surface area contributed by atoms with Gasteiger partial charge in [0.05, 0.1) is 0 Å². The molecule has 0 atom stereocenters. The number of aromatic amines is 1. The van der Waals surface area contributed by atoms with Gasteiger partial charge in [-0.05, 0) is 90.4 Å². The van der Waals surface area contributed by atoms with Gasteiger partial charge < -0.3 is 20.1 Å². The van der Waals surface area contributed by atoms with E-state index in [2.05, 4.69) is 47.0 Å². The van der Waals surface area contributed by atoms with Crippen molar-refractivity contribution >= 4 is 11.6 Å². The van der Waals surface area contributed by atoms with Crippen LogP contribution in [0.2, 0.25) is 0 Å². The van der Waals surface area contributed by atoms with Crippen molar-refractivity contribution < 1.29 is 4.79 Å². The molecule has 1 aromatic carbocycles. The van der Waals surface area contributed by atoms with Crippen molar-refractivity contribution in [3.05, 3.63) is 62.6 Å². The molecule has 1 saturated carbocycles. The largest absolute Gasteiger partial charge is 0.369 e. The number of hydrogen-bond donors (Lipinski definition) is 2. The van der Waals surface area contributed by atoms with Crippen LogP contribution in [-0.4, -0.2) is 48.5 Å². The molecule has 1 aliphatic rings. The summed E-state index contributed by atoms with van der Waals surface area (Å²) in [5.74, 6) is 2.46. The summed E-state index contributed by atoms with van der Waals surface area (Å²) in [6.07, 6.45) is 10.3. The van der Waals surface area contributed by atoms with Crippen molar-refractivity contribution in [1.29, 1.82) is 0 Å². The zero-order valence-corrected chi connectivity index (χ0v) is 20.5. The van der Waals surface area contributed by atoms with E-state index < -0.39 is 0 Å². The van der Waals surface area contributed by atoms with Crippen LogP contribution in [-0.2, 0) is 6.54 Å². The quantitative estimate of drug-likeness (QED) is 0.635. The molecule has 0 unspecified atom stereocenters. The molecule has 6 nitrogen and oxygen atoms in total. The highest BCUT2D eigenvalue weighted by Gasteiger charge is 2.27. The van der Waals surface area contributed by atoms with Gasteiger partial charge in [0.25, 0.3) is 11.5 Å². The van der Waals surface area contributed by atoms with Gasteiger partial charge in [-0.3, -0.25) is 9.59 Å². The zero-order chi connectivity index (χ0) is 24.1. The number of nitrogens with one attached hydrogen (secondary N) is 2. The van der Waals surface area contributed by atoms with E-state index in [1.807, 2.05) is 32.0 Å². The van der Waals surface area contributed by atoms with Gasteiger partial charge in [0.2, 0.25) is 0 Å². The van der Waals surface area contributed by atoms with Gasteiger partial charge in [0.1, 0.15) is 0 Å². The average Bonchev–Trinajstić information content (AvgIpc) is 2.78. The second kappa shape index (κ2) is 10.7. The third kappa shape index (κ3) is 5.85. The minimum absolute atomic E-state index is 0.169. The fourth-order valence-electron chi connectivity index (χ4n) is 4.90. The molecule has 0 aliphatic heterocycles. The molecule has 1 heterocycles. The molecule has 0 saturated heterocycles. The number of carbonyl (C=O) groups is 1. The second-order valence-electron chi connectivity index (χ2n) is 9.25. The molecule has 2 N–H and O–H groups in total. The number of H-pyrrole nitrogens is 1. The van der Waals surface area contributed by atoms with Crippen molar-refractivity contribution in [3.8, 4) is 12.3 Å². The van der Waals surface area contributed by atoms with Gasteiger partial charge in [-0.2, -0.15) is 0 Å². The van der Waals surface area contributed by atoms with Crippen molar-refractivity contribution in [2.24, 2.45) is 0 Å². The van der Waals surface area contributed by atoms with E-state index in [0.29, 0.717) is 28.8 Å². The Bertz CT molecular complexity index is 1090. The van der Waals surface area contributed by atoms with Crippen LogP contribution in [0.1, 0.15) is 65.3 Å². The van der Waals surface area contributed by atoms with E-state index in [9.17, 15) is 9.59 Å². The standard InChI is InChI=1S/C27H36N4O2/c1-7-20-14-21(26(32)28-17-25-18(3)13-19(4)29-27(25)33)16-24(15-20)31(8-2)23-11-9-22(10-12-23)30(5)6/h1,13-16,22-23H,8-12,17H2,2-6H3,(H,28,32)(H,29,33)/t22-,23-. The van der Waals surface area contributed by atoms with Crippen LogP contribution in [0.15, 0.2) is 29.1 Å². The SMILES string of the molecule is C#Cc1cc(C(=O)NCc2c(C)cc(C)[nH]c2=O)cc(N(CC)[C@H]2CC[C@H](N(C)C)CC2)c1. The lowest BCUT2D eigenvalue weighted by Crippen LogP contribution is -2.42. The molecular formula is C27H36N4O2. The Morgan fingerprint density at radius 1 is 1.12 bits per heavy atom. The molecule has 2 aromatic rings. The van der Waals surface area contributed by atoms with Gasteiger partial charge in [-0.15, -0.1) is 6.42 Å². The first kappa shape index (κ1) is 24.6. The molecule has 1 aromatic heterocycles. The maximum absolute atomic E-state index is 13.0. The van der Waals surface area contributed by atoms with Crippen LogP contribution in [0.5, 0.6) is 0 Å². The molecule has 176 valence electrons. The molecule has 1 aliphatic carbocycles. The first-order valence-electron chi connectivity index (χ1n) is 11.8. The predicted molar refractivity (Wildman–Crippen MR) is 135 cm³/mol. The lowest BCUT2D eigenvalue weighted by molar-refractivity contribution is 0.0950. The Morgan fingerprint density at radius 3 is 2.36 bits per heavy atom. The molecule has 0 bridgehead atoms. The van der Waals surface area contributed by atoms with Crippen molar-refractivity contribution in [3.63, 3.8) is 0 Å². The number of anilines is 1. The van der Waals surface area contributed by atoms with E-state index in [4.69, 9.17) is 6.42 Å². The van der Waals surface area contributed by atoms with Crippen molar-refractivity contribution in [1.82, 2.24) is 15.2 Å². The summed E-state index contributed by atoms with van der Waals surface area (Å²) in [6, 6.07) is 8.62. The molecule has 0 radical (unpaired) electrons. The summed E-state index contributed by atoms with van der Waals surface area (Å²) in [5.41, 5.74) is 4.24. The van der Waals surface area contributed by atoms with E-state index >= 15 is 0 Å². The number of pyridine rings is 1. The summed E-state index contributed by atoms with van der Waals surface area (Å²) in [4.78, 5) is 32.8. The highest BCUT2D eigenvalue weighted by Crippen LogP contribution is 2.30. The number of hydrogen-bond acceptors (Lipinski definition) is 4. The van der Waals surface area contributed by atoms with Gasteiger partial charge in [-0.25, -0.2) is 0 Å².